The third-order valence-corrected chi connectivity index (χ3v) is 5.90. The van der Waals surface area contributed by atoms with Gasteiger partial charge in [-0.1, -0.05) is 12.1 Å². The first-order valence-corrected chi connectivity index (χ1v) is 8.34. The maximum absolute atomic E-state index is 12.1. The lowest BCUT2D eigenvalue weighted by atomic mass is 10.2. The molecule has 2 rings (SSSR count). The van der Waals surface area contributed by atoms with E-state index in [1.54, 1.807) is 25.3 Å². The average molecular weight is 298 g/mol. The molecule has 0 bridgehead atoms. The van der Waals surface area contributed by atoms with Gasteiger partial charge in [0, 0.05) is 26.2 Å². The summed E-state index contributed by atoms with van der Waals surface area (Å²) in [5.74, 6) is 0.827. The van der Waals surface area contributed by atoms with Crippen molar-refractivity contribution in [2.24, 2.45) is 0 Å². The molecule has 1 aliphatic rings. The molecule has 1 fully saturated rings. The molecule has 0 radical (unpaired) electrons. The van der Waals surface area contributed by atoms with Crippen LogP contribution in [0.15, 0.2) is 24.3 Å². The van der Waals surface area contributed by atoms with Gasteiger partial charge in [-0.25, -0.2) is 8.42 Å². The smallest absolute Gasteiger partial charge is 0.216 e. The summed E-state index contributed by atoms with van der Waals surface area (Å²) in [5, 5.41) is -0.361. The molecule has 1 aromatic carbocycles. The minimum Gasteiger partial charge on any atom is -0.495 e. The number of hydrogen-bond donors (Lipinski definition) is 0. The summed E-state index contributed by atoms with van der Waals surface area (Å²) in [4.78, 5) is 2.17. The number of methoxy groups -OCH3 is 1. The first-order chi connectivity index (χ1) is 9.46. The first-order valence-electron chi connectivity index (χ1n) is 6.83. The van der Waals surface area contributed by atoms with E-state index in [0.717, 1.165) is 11.4 Å². The first kappa shape index (κ1) is 15.1. The molecule has 5 nitrogen and oxygen atoms in total. The second-order valence-corrected chi connectivity index (χ2v) is 7.64. The van der Waals surface area contributed by atoms with Crippen molar-refractivity contribution >= 4 is 15.7 Å². The van der Waals surface area contributed by atoms with E-state index in [2.05, 4.69) is 4.90 Å². The van der Waals surface area contributed by atoms with Crippen LogP contribution in [0.4, 0.5) is 5.69 Å². The van der Waals surface area contributed by atoms with Gasteiger partial charge < -0.3 is 9.64 Å². The molecular formula is C14H22N2O3S. The van der Waals surface area contributed by atoms with E-state index in [0.29, 0.717) is 26.2 Å². The molecule has 0 spiro atoms. The van der Waals surface area contributed by atoms with Crippen LogP contribution in [0.2, 0.25) is 0 Å². The van der Waals surface area contributed by atoms with E-state index < -0.39 is 10.0 Å². The molecule has 0 saturated carbocycles. The Bertz CT molecular complexity index is 549. The molecule has 20 heavy (non-hydrogen) atoms. The van der Waals surface area contributed by atoms with Gasteiger partial charge in [0.05, 0.1) is 18.0 Å². The van der Waals surface area contributed by atoms with Crippen LogP contribution in [-0.4, -0.2) is 51.3 Å². The lowest BCUT2D eigenvalue weighted by Gasteiger charge is -2.36. The van der Waals surface area contributed by atoms with Crippen molar-refractivity contribution in [1.82, 2.24) is 4.31 Å². The zero-order valence-corrected chi connectivity index (χ0v) is 13.1. The van der Waals surface area contributed by atoms with Crippen molar-refractivity contribution in [3.63, 3.8) is 0 Å². The number of nitrogens with zero attached hydrogens (tertiary/aromatic N) is 2. The highest BCUT2D eigenvalue weighted by Crippen LogP contribution is 2.28. The molecule has 0 N–H and O–H groups in total. The van der Waals surface area contributed by atoms with Gasteiger partial charge >= 0.3 is 0 Å². The van der Waals surface area contributed by atoms with Crippen LogP contribution in [0.3, 0.4) is 0 Å². The number of sulfonamides is 1. The standard InChI is InChI=1S/C14H22N2O3S/c1-12(2)20(17,18)16-10-8-15(9-11-16)13-6-4-5-7-14(13)19-3/h4-7,12H,8-11H2,1-3H3. The number of rotatable bonds is 4. The Kier molecular flexibility index (Phi) is 4.55. The van der Waals surface area contributed by atoms with E-state index in [1.807, 2.05) is 24.3 Å². The molecule has 1 saturated heterocycles. The third kappa shape index (κ3) is 2.91. The van der Waals surface area contributed by atoms with Gasteiger partial charge in [-0.15, -0.1) is 0 Å². The minimum atomic E-state index is -3.15. The summed E-state index contributed by atoms with van der Waals surface area (Å²) in [5.41, 5.74) is 1.02. The fraction of sp³-hybridized carbons (Fsp3) is 0.571. The van der Waals surface area contributed by atoms with Crippen LogP contribution in [0, 0.1) is 0 Å². The number of anilines is 1. The SMILES string of the molecule is COc1ccccc1N1CCN(S(=O)(=O)C(C)C)CC1. The Labute approximate surface area is 121 Å². The van der Waals surface area contributed by atoms with Crippen molar-refractivity contribution in [3.8, 4) is 5.75 Å². The molecular weight excluding hydrogens is 276 g/mol. The van der Waals surface area contributed by atoms with Crippen molar-refractivity contribution in [2.45, 2.75) is 19.1 Å². The van der Waals surface area contributed by atoms with Crippen LogP contribution < -0.4 is 9.64 Å². The van der Waals surface area contributed by atoms with Crippen molar-refractivity contribution in [3.05, 3.63) is 24.3 Å². The summed E-state index contributed by atoms with van der Waals surface area (Å²) in [6.07, 6.45) is 0. The van der Waals surface area contributed by atoms with Crippen LogP contribution >= 0.6 is 0 Å². The summed E-state index contributed by atoms with van der Waals surface area (Å²) in [6, 6.07) is 7.83. The lowest BCUT2D eigenvalue weighted by molar-refractivity contribution is 0.375. The highest BCUT2D eigenvalue weighted by atomic mass is 32.2. The van der Waals surface area contributed by atoms with Crippen LogP contribution in [0.5, 0.6) is 5.75 Å². The van der Waals surface area contributed by atoms with E-state index in [1.165, 1.54) is 0 Å². The van der Waals surface area contributed by atoms with E-state index >= 15 is 0 Å². The monoisotopic (exact) mass is 298 g/mol. The predicted molar refractivity (Wildman–Crippen MR) is 80.8 cm³/mol. The molecule has 0 atom stereocenters. The van der Waals surface area contributed by atoms with Crippen molar-refractivity contribution in [2.75, 3.05) is 38.2 Å². The van der Waals surface area contributed by atoms with Crippen LogP contribution in [0.1, 0.15) is 13.8 Å². The number of para-hydroxylation sites is 2. The van der Waals surface area contributed by atoms with Crippen molar-refractivity contribution < 1.29 is 13.2 Å². The topological polar surface area (TPSA) is 49.9 Å². The molecule has 6 heteroatoms. The Morgan fingerprint density at radius 1 is 1.10 bits per heavy atom. The summed E-state index contributed by atoms with van der Waals surface area (Å²) in [6.45, 7) is 5.87. The van der Waals surface area contributed by atoms with Gasteiger partial charge in [0.1, 0.15) is 5.75 Å². The average Bonchev–Trinajstić information content (AvgIpc) is 2.47. The minimum absolute atomic E-state index is 0.361. The second-order valence-electron chi connectivity index (χ2n) is 5.15. The largest absolute Gasteiger partial charge is 0.495 e. The van der Waals surface area contributed by atoms with Gasteiger partial charge in [-0.2, -0.15) is 4.31 Å². The number of ether oxygens (including phenoxy) is 1. The number of benzene rings is 1. The predicted octanol–water partition coefficient (Wildman–Crippen LogP) is 1.56. The Hall–Kier alpha value is -1.27. The molecule has 1 heterocycles. The number of piperazine rings is 1. The third-order valence-electron chi connectivity index (χ3n) is 3.62. The Morgan fingerprint density at radius 2 is 1.70 bits per heavy atom. The molecule has 0 aromatic heterocycles. The van der Waals surface area contributed by atoms with Crippen molar-refractivity contribution in [1.29, 1.82) is 0 Å². The molecule has 0 aliphatic carbocycles. The second kappa shape index (κ2) is 6.01. The number of hydrogen-bond acceptors (Lipinski definition) is 4. The molecule has 0 unspecified atom stereocenters. The zero-order valence-electron chi connectivity index (χ0n) is 12.2. The zero-order chi connectivity index (χ0) is 14.8. The summed E-state index contributed by atoms with van der Waals surface area (Å²) >= 11 is 0. The molecule has 1 aliphatic heterocycles. The van der Waals surface area contributed by atoms with Crippen LogP contribution in [-0.2, 0) is 10.0 Å². The van der Waals surface area contributed by atoms with Crippen LogP contribution in [0.25, 0.3) is 0 Å². The summed E-state index contributed by atoms with van der Waals surface area (Å²) in [7, 11) is -1.49. The van der Waals surface area contributed by atoms with Gasteiger partial charge in [0.15, 0.2) is 0 Å². The molecule has 112 valence electrons. The molecule has 0 amide bonds. The maximum Gasteiger partial charge on any atom is 0.216 e. The normalized spacial score (nSPS) is 17.5. The van der Waals surface area contributed by atoms with E-state index in [4.69, 9.17) is 4.74 Å². The van der Waals surface area contributed by atoms with Gasteiger partial charge in [0.2, 0.25) is 10.0 Å². The Morgan fingerprint density at radius 3 is 2.25 bits per heavy atom. The maximum atomic E-state index is 12.1. The van der Waals surface area contributed by atoms with E-state index in [-0.39, 0.29) is 5.25 Å². The van der Waals surface area contributed by atoms with Gasteiger partial charge in [-0.3, -0.25) is 0 Å². The fourth-order valence-electron chi connectivity index (χ4n) is 2.37. The fourth-order valence-corrected chi connectivity index (χ4v) is 3.64. The quantitative estimate of drug-likeness (QED) is 0.846. The van der Waals surface area contributed by atoms with Gasteiger partial charge in [-0.05, 0) is 26.0 Å². The highest BCUT2D eigenvalue weighted by molar-refractivity contribution is 7.89. The van der Waals surface area contributed by atoms with Gasteiger partial charge in [0.25, 0.3) is 0 Å². The summed E-state index contributed by atoms with van der Waals surface area (Å²) < 4.78 is 31.2. The molecule has 1 aromatic rings. The lowest BCUT2D eigenvalue weighted by Crippen LogP contribution is -2.50. The van der Waals surface area contributed by atoms with E-state index in [9.17, 15) is 8.42 Å². The highest BCUT2D eigenvalue weighted by Gasteiger charge is 2.29. The Balaban J connectivity index is 2.08.